The van der Waals surface area contributed by atoms with Crippen LogP contribution in [0.1, 0.15) is 44.2 Å². The van der Waals surface area contributed by atoms with Crippen molar-refractivity contribution in [1.29, 1.82) is 0 Å². The lowest BCUT2D eigenvalue weighted by molar-refractivity contribution is -0.120. The van der Waals surface area contributed by atoms with Crippen molar-refractivity contribution in [3.63, 3.8) is 0 Å². The van der Waals surface area contributed by atoms with Crippen LogP contribution in [0.15, 0.2) is 24.3 Å². The Labute approximate surface area is 104 Å². The van der Waals surface area contributed by atoms with Gasteiger partial charge in [-0.2, -0.15) is 0 Å². The molecule has 1 atom stereocenters. The molecule has 0 bridgehead atoms. The molecule has 1 aromatic carbocycles. The third kappa shape index (κ3) is 3.97. The summed E-state index contributed by atoms with van der Waals surface area (Å²) in [7, 11) is 1.85. The van der Waals surface area contributed by atoms with Crippen LogP contribution in [-0.4, -0.2) is 18.9 Å². The van der Waals surface area contributed by atoms with E-state index in [1.807, 2.05) is 14.0 Å². The number of carbonyl (C=O) groups is 1. The summed E-state index contributed by atoms with van der Waals surface area (Å²) in [5.74, 6) is 0.835. The average Bonchev–Trinajstić information content (AvgIpc) is 2.35. The molecule has 1 rings (SSSR count). The topological polar surface area (TPSA) is 29.1 Å². The first-order chi connectivity index (χ1) is 8.08. The van der Waals surface area contributed by atoms with Crippen LogP contribution in [0.25, 0.3) is 0 Å². The van der Waals surface area contributed by atoms with Gasteiger partial charge in [-0.3, -0.25) is 4.79 Å². The normalized spacial score (nSPS) is 12.8. The van der Waals surface area contributed by atoms with E-state index in [0.29, 0.717) is 12.3 Å². The Bertz CT molecular complexity index is 354. The lowest BCUT2D eigenvalue weighted by atomic mass is 9.97. The summed E-state index contributed by atoms with van der Waals surface area (Å²) >= 11 is 0. The molecule has 0 aliphatic carbocycles. The predicted octanol–water partition coefficient (Wildman–Crippen LogP) is 2.92. The second kappa shape index (κ2) is 6.55. The number of ketones is 1. The molecule has 0 aliphatic rings. The largest absolute Gasteiger partial charge is 0.310 e. The Balaban J connectivity index is 2.70. The minimum atomic E-state index is -0.0510. The van der Waals surface area contributed by atoms with Gasteiger partial charge < -0.3 is 5.32 Å². The van der Waals surface area contributed by atoms with Crippen molar-refractivity contribution in [1.82, 2.24) is 5.32 Å². The molecule has 0 radical (unpaired) electrons. The number of nitrogens with one attached hydrogen (secondary N) is 1. The van der Waals surface area contributed by atoms with Crippen LogP contribution in [0.3, 0.4) is 0 Å². The number of hydrogen-bond acceptors (Lipinski definition) is 2. The van der Waals surface area contributed by atoms with Gasteiger partial charge in [-0.05, 0) is 30.5 Å². The van der Waals surface area contributed by atoms with Crippen LogP contribution in [0.5, 0.6) is 0 Å². The maximum absolute atomic E-state index is 11.7. The smallest absolute Gasteiger partial charge is 0.149 e. The first-order valence-corrected chi connectivity index (χ1v) is 6.37. The Hall–Kier alpha value is -1.15. The van der Waals surface area contributed by atoms with Crippen LogP contribution in [0.2, 0.25) is 0 Å². The van der Waals surface area contributed by atoms with Crippen LogP contribution in [-0.2, 0) is 11.2 Å². The monoisotopic (exact) mass is 233 g/mol. The van der Waals surface area contributed by atoms with Gasteiger partial charge in [-0.25, -0.2) is 0 Å². The van der Waals surface area contributed by atoms with Gasteiger partial charge in [-0.15, -0.1) is 0 Å². The minimum Gasteiger partial charge on any atom is -0.310 e. The molecule has 0 fully saturated rings. The van der Waals surface area contributed by atoms with Gasteiger partial charge in [0.25, 0.3) is 0 Å². The van der Waals surface area contributed by atoms with Crippen molar-refractivity contribution in [2.24, 2.45) is 0 Å². The molecular formula is C15H23NO. The third-order valence-corrected chi connectivity index (χ3v) is 3.17. The summed E-state index contributed by atoms with van der Waals surface area (Å²) in [4.78, 5) is 11.7. The summed E-state index contributed by atoms with van der Waals surface area (Å²) in [6.07, 6.45) is 1.37. The number of rotatable bonds is 6. The van der Waals surface area contributed by atoms with Crippen molar-refractivity contribution < 1.29 is 4.79 Å². The molecule has 0 aliphatic heterocycles. The lowest BCUT2D eigenvalue weighted by Gasteiger charge is -2.14. The second-order valence-electron chi connectivity index (χ2n) is 4.76. The molecule has 2 heteroatoms. The first-order valence-electron chi connectivity index (χ1n) is 6.37. The molecule has 17 heavy (non-hydrogen) atoms. The van der Waals surface area contributed by atoms with Crippen LogP contribution < -0.4 is 5.32 Å². The summed E-state index contributed by atoms with van der Waals surface area (Å²) in [5, 5.41) is 3.09. The van der Waals surface area contributed by atoms with Gasteiger partial charge in [-0.1, -0.05) is 45.0 Å². The number of Topliss-reactive ketones (excluding diaryl/α,β-unsaturated/α-hetero) is 1. The zero-order valence-corrected chi connectivity index (χ0v) is 11.3. The second-order valence-corrected chi connectivity index (χ2v) is 4.76. The standard InChI is InChI=1S/C15H23NO/c1-5-15(17)14(16-4)10-12-6-8-13(9-7-12)11(2)3/h6-9,11,14,16H,5,10H2,1-4H3. The van der Waals surface area contributed by atoms with Crippen molar-refractivity contribution in [2.75, 3.05) is 7.05 Å². The molecular weight excluding hydrogens is 210 g/mol. The maximum Gasteiger partial charge on any atom is 0.149 e. The Morgan fingerprint density at radius 1 is 1.24 bits per heavy atom. The molecule has 0 saturated carbocycles. The molecule has 0 aromatic heterocycles. The highest BCUT2D eigenvalue weighted by molar-refractivity contribution is 5.83. The van der Waals surface area contributed by atoms with E-state index >= 15 is 0 Å². The van der Waals surface area contributed by atoms with Crippen LogP contribution in [0.4, 0.5) is 0 Å². The highest BCUT2D eigenvalue weighted by Crippen LogP contribution is 2.15. The summed E-state index contributed by atoms with van der Waals surface area (Å²) in [5.41, 5.74) is 2.56. The van der Waals surface area contributed by atoms with E-state index in [0.717, 1.165) is 6.42 Å². The number of hydrogen-bond donors (Lipinski definition) is 1. The number of carbonyl (C=O) groups excluding carboxylic acids is 1. The highest BCUT2D eigenvalue weighted by Gasteiger charge is 2.14. The van der Waals surface area contributed by atoms with E-state index in [1.165, 1.54) is 11.1 Å². The van der Waals surface area contributed by atoms with Gasteiger partial charge in [0.2, 0.25) is 0 Å². The molecule has 1 unspecified atom stereocenters. The molecule has 1 aromatic rings. The van der Waals surface area contributed by atoms with Crippen molar-refractivity contribution >= 4 is 5.78 Å². The quantitative estimate of drug-likeness (QED) is 0.818. The number of benzene rings is 1. The molecule has 0 saturated heterocycles. The molecule has 2 nitrogen and oxygen atoms in total. The summed E-state index contributed by atoms with van der Waals surface area (Å²) in [6.45, 7) is 6.28. The van der Waals surface area contributed by atoms with Crippen molar-refractivity contribution in [2.45, 2.75) is 45.6 Å². The van der Waals surface area contributed by atoms with Crippen molar-refractivity contribution in [3.05, 3.63) is 35.4 Å². The van der Waals surface area contributed by atoms with E-state index in [9.17, 15) is 4.79 Å². The SMILES string of the molecule is CCC(=O)C(Cc1ccc(C(C)C)cc1)NC. The van der Waals surface area contributed by atoms with E-state index < -0.39 is 0 Å². The molecule has 1 N–H and O–H groups in total. The van der Waals surface area contributed by atoms with E-state index in [4.69, 9.17) is 0 Å². The van der Waals surface area contributed by atoms with Crippen LogP contribution in [0, 0.1) is 0 Å². The van der Waals surface area contributed by atoms with Gasteiger partial charge >= 0.3 is 0 Å². The fourth-order valence-electron chi connectivity index (χ4n) is 1.90. The molecule has 94 valence electrons. The maximum atomic E-state index is 11.7. The van der Waals surface area contributed by atoms with E-state index in [2.05, 4.69) is 43.4 Å². The van der Waals surface area contributed by atoms with Gasteiger partial charge in [0.05, 0.1) is 6.04 Å². The Morgan fingerprint density at radius 2 is 1.82 bits per heavy atom. The van der Waals surface area contributed by atoms with Crippen LogP contribution >= 0.6 is 0 Å². The fraction of sp³-hybridized carbons (Fsp3) is 0.533. The van der Waals surface area contributed by atoms with Gasteiger partial charge in [0.15, 0.2) is 0 Å². The highest BCUT2D eigenvalue weighted by atomic mass is 16.1. The first kappa shape index (κ1) is 13.9. The van der Waals surface area contributed by atoms with Gasteiger partial charge in [0, 0.05) is 6.42 Å². The molecule has 0 heterocycles. The zero-order chi connectivity index (χ0) is 12.8. The predicted molar refractivity (Wildman–Crippen MR) is 72.4 cm³/mol. The fourth-order valence-corrected chi connectivity index (χ4v) is 1.90. The van der Waals surface area contributed by atoms with Gasteiger partial charge in [0.1, 0.15) is 5.78 Å². The lowest BCUT2D eigenvalue weighted by Crippen LogP contribution is -2.35. The van der Waals surface area contributed by atoms with Crippen molar-refractivity contribution in [3.8, 4) is 0 Å². The summed E-state index contributed by atoms with van der Waals surface area (Å²) < 4.78 is 0. The van der Waals surface area contributed by atoms with E-state index in [-0.39, 0.29) is 11.8 Å². The third-order valence-electron chi connectivity index (χ3n) is 3.17. The molecule has 0 amide bonds. The Kier molecular flexibility index (Phi) is 5.36. The van der Waals surface area contributed by atoms with E-state index in [1.54, 1.807) is 0 Å². The zero-order valence-electron chi connectivity index (χ0n) is 11.3. The number of likely N-dealkylation sites (N-methyl/N-ethyl adjacent to an activating group) is 1. The minimum absolute atomic E-state index is 0.0510. The summed E-state index contributed by atoms with van der Waals surface area (Å²) in [6, 6.07) is 8.52. The Morgan fingerprint density at radius 3 is 2.24 bits per heavy atom. The molecule has 0 spiro atoms. The average molecular weight is 233 g/mol.